The number of aryl methyl sites for hydroxylation is 2. The lowest BCUT2D eigenvalue weighted by atomic mass is 10.1. The predicted molar refractivity (Wildman–Crippen MR) is 83.1 cm³/mol. The summed E-state index contributed by atoms with van der Waals surface area (Å²) >= 11 is 1.69. The zero-order chi connectivity index (χ0) is 13.7. The maximum atomic E-state index is 6.18. The second-order valence-electron chi connectivity index (χ2n) is 5.27. The minimum atomic E-state index is 0.685. The van der Waals surface area contributed by atoms with E-state index < -0.39 is 0 Å². The highest BCUT2D eigenvalue weighted by atomic mass is 32.1. The minimum Gasteiger partial charge on any atom is -0.436 e. The number of oxazole rings is 1. The molecule has 0 aliphatic heterocycles. The molecule has 1 aliphatic carbocycles. The molecule has 0 radical (unpaired) electrons. The van der Waals surface area contributed by atoms with Gasteiger partial charge in [-0.15, -0.1) is 11.3 Å². The molecule has 0 saturated carbocycles. The number of nitrogen functional groups attached to an aromatic ring is 1. The maximum absolute atomic E-state index is 6.18. The van der Waals surface area contributed by atoms with Gasteiger partial charge in [-0.1, -0.05) is 13.0 Å². The molecule has 3 aromatic rings. The van der Waals surface area contributed by atoms with Crippen LogP contribution < -0.4 is 5.73 Å². The lowest BCUT2D eigenvalue weighted by Crippen LogP contribution is -1.88. The van der Waals surface area contributed by atoms with E-state index in [-0.39, 0.29) is 0 Å². The van der Waals surface area contributed by atoms with Crippen LogP contribution in [0.4, 0.5) is 5.00 Å². The Hall–Kier alpha value is -1.81. The van der Waals surface area contributed by atoms with Crippen molar-refractivity contribution in [1.29, 1.82) is 0 Å². The van der Waals surface area contributed by atoms with E-state index in [2.05, 4.69) is 24.0 Å². The van der Waals surface area contributed by atoms with Crippen LogP contribution >= 0.6 is 11.3 Å². The van der Waals surface area contributed by atoms with E-state index in [1.54, 1.807) is 11.3 Å². The molecule has 4 rings (SSSR count). The Bertz CT molecular complexity index is 800. The molecule has 2 N–H and O–H groups in total. The number of hydrogen-bond acceptors (Lipinski definition) is 4. The van der Waals surface area contributed by atoms with Gasteiger partial charge in [0.05, 0.1) is 10.6 Å². The van der Waals surface area contributed by atoms with E-state index in [4.69, 9.17) is 10.2 Å². The van der Waals surface area contributed by atoms with Gasteiger partial charge in [-0.2, -0.15) is 0 Å². The van der Waals surface area contributed by atoms with Crippen LogP contribution in [-0.2, 0) is 19.3 Å². The molecule has 2 heterocycles. The van der Waals surface area contributed by atoms with Crippen molar-refractivity contribution in [3.8, 4) is 11.5 Å². The summed E-state index contributed by atoms with van der Waals surface area (Å²) in [5.74, 6) is 0.685. The van der Waals surface area contributed by atoms with Crippen molar-refractivity contribution in [2.75, 3.05) is 5.73 Å². The highest BCUT2D eigenvalue weighted by molar-refractivity contribution is 7.16. The maximum Gasteiger partial charge on any atom is 0.230 e. The number of anilines is 1. The summed E-state index contributed by atoms with van der Waals surface area (Å²) in [5, 5.41) is 0.844. The minimum absolute atomic E-state index is 0.685. The van der Waals surface area contributed by atoms with Crippen LogP contribution in [0.2, 0.25) is 0 Å². The lowest BCUT2D eigenvalue weighted by molar-refractivity contribution is 0.619. The summed E-state index contributed by atoms with van der Waals surface area (Å²) in [5.41, 5.74) is 11.6. The first-order chi connectivity index (χ1) is 9.76. The van der Waals surface area contributed by atoms with Crippen molar-refractivity contribution >= 4 is 27.4 Å². The summed E-state index contributed by atoms with van der Waals surface area (Å²) in [6.07, 6.45) is 4.46. The van der Waals surface area contributed by atoms with E-state index in [1.807, 2.05) is 6.07 Å². The molecule has 0 spiro atoms. The number of benzene rings is 1. The lowest BCUT2D eigenvalue weighted by Gasteiger charge is -1.97. The first kappa shape index (κ1) is 12.0. The Morgan fingerprint density at radius 2 is 2.25 bits per heavy atom. The summed E-state index contributed by atoms with van der Waals surface area (Å²) in [7, 11) is 0. The Labute approximate surface area is 121 Å². The summed E-state index contributed by atoms with van der Waals surface area (Å²) in [6.45, 7) is 2.14. The van der Waals surface area contributed by atoms with Crippen molar-refractivity contribution in [2.45, 2.75) is 32.6 Å². The third-order valence-corrected chi connectivity index (χ3v) is 5.14. The molecule has 0 fully saturated rings. The molecule has 0 saturated heterocycles. The average Bonchev–Trinajstić information content (AvgIpc) is 3.10. The zero-order valence-corrected chi connectivity index (χ0v) is 12.2. The number of nitrogens with two attached hydrogens (primary N) is 1. The van der Waals surface area contributed by atoms with Crippen molar-refractivity contribution in [3.63, 3.8) is 0 Å². The van der Waals surface area contributed by atoms with Gasteiger partial charge in [-0.3, -0.25) is 0 Å². The second kappa shape index (κ2) is 4.35. The smallest absolute Gasteiger partial charge is 0.230 e. The predicted octanol–water partition coefficient (Wildman–Crippen LogP) is 4.19. The molecule has 3 nitrogen and oxygen atoms in total. The fourth-order valence-corrected chi connectivity index (χ4v) is 4.11. The third-order valence-electron chi connectivity index (χ3n) is 4.02. The van der Waals surface area contributed by atoms with Gasteiger partial charge in [0.25, 0.3) is 0 Å². The monoisotopic (exact) mass is 284 g/mol. The molecule has 2 aromatic heterocycles. The van der Waals surface area contributed by atoms with Gasteiger partial charge in [-0.05, 0) is 48.9 Å². The van der Waals surface area contributed by atoms with Gasteiger partial charge in [0.15, 0.2) is 5.58 Å². The number of fused-ring (bicyclic) bond motifs is 2. The zero-order valence-electron chi connectivity index (χ0n) is 11.4. The Balaban J connectivity index is 1.90. The average molecular weight is 284 g/mol. The number of nitrogens with zero attached hydrogens (tertiary/aromatic N) is 1. The SMILES string of the molecule is CCc1ccc2oc(-c3c(N)sc4c3CCC4)nc2c1. The molecular formula is C16H16N2OS. The van der Waals surface area contributed by atoms with Crippen LogP contribution in [0.3, 0.4) is 0 Å². The Morgan fingerprint density at radius 3 is 3.10 bits per heavy atom. The van der Waals surface area contributed by atoms with Crippen LogP contribution in [0.25, 0.3) is 22.6 Å². The second-order valence-corrected chi connectivity index (χ2v) is 6.41. The van der Waals surface area contributed by atoms with Crippen molar-refractivity contribution in [1.82, 2.24) is 4.98 Å². The molecule has 0 amide bonds. The van der Waals surface area contributed by atoms with Crippen LogP contribution in [0, 0.1) is 0 Å². The van der Waals surface area contributed by atoms with Gasteiger partial charge in [0.2, 0.25) is 5.89 Å². The van der Waals surface area contributed by atoms with Gasteiger partial charge in [0, 0.05) is 4.88 Å². The van der Waals surface area contributed by atoms with E-state index in [9.17, 15) is 0 Å². The molecule has 102 valence electrons. The number of rotatable bonds is 2. The standard InChI is InChI=1S/C16H16N2OS/c1-2-9-6-7-12-11(8-9)18-16(19-12)14-10-4-3-5-13(10)20-15(14)17/h6-8H,2-5,17H2,1H3. The van der Waals surface area contributed by atoms with Gasteiger partial charge in [-0.25, -0.2) is 4.98 Å². The molecule has 0 unspecified atom stereocenters. The molecule has 1 aromatic carbocycles. The first-order valence-corrected chi connectivity index (χ1v) is 7.87. The summed E-state index contributed by atoms with van der Waals surface area (Å²) in [6, 6.07) is 6.21. The van der Waals surface area contributed by atoms with E-state index in [1.165, 1.54) is 22.4 Å². The largest absolute Gasteiger partial charge is 0.436 e. The van der Waals surface area contributed by atoms with Crippen LogP contribution in [0.1, 0.15) is 29.3 Å². The van der Waals surface area contributed by atoms with E-state index >= 15 is 0 Å². The summed E-state index contributed by atoms with van der Waals surface area (Å²) in [4.78, 5) is 6.07. The highest BCUT2D eigenvalue weighted by Crippen LogP contribution is 2.43. The molecule has 0 atom stereocenters. The Morgan fingerprint density at radius 1 is 1.35 bits per heavy atom. The number of hydrogen-bond donors (Lipinski definition) is 1. The fraction of sp³-hybridized carbons (Fsp3) is 0.312. The number of aromatic nitrogens is 1. The van der Waals surface area contributed by atoms with E-state index in [0.29, 0.717) is 5.89 Å². The van der Waals surface area contributed by atoms with Crippen LogP contribution in [0.15, 0.2) is 22.6 Å². The van der Waals surface area contributed by atoms with Crippen LogP contribution in [0.5, 0.6) is 0 Å². The first-order valence-electron chi connectivity index (χ1n) is 7.06. The van der Waals surface area contributed by atoms with Crippen LogP contribution in [-0.4, -0.2) is 4.98 Å². The highest BCUT2D eigenvalue weighted by Gasteiger charge is 2.25. The van der Waals surface area contributed by atoms with Crippen molar-refractivity contribution in [2.24, 2.45) is 0 Å². The fourth-order valence-electron chi connectivity index (χ4n) is 2.96. The van der Waals surface area contributed by atoms with Gasteiger partial charge >= 0.3 is 0 Å². The molecule has 1 aliphatic rings. The van der Waals surface area contributed by atoms with E-state index in [0.717, 1.165) is 40.9 Å². The third kappa shape index (κ3) is 1.68. The topological polar surface area (TPSA) is 52.0 Å². The molecule has 4 heteroatoms. The molecule has 0 bridgehead atoms. The normalized spacial score (nSPS) is 14.1. The summed E-state index contributed by atoms with van der Waals surface area (Å²) < 4.78 is 5.93. The molecular weight excluding hydrogens is 268 g/mol. The van der Waals surface area contributed by atoms with Gasteiger partial charge < -0.3 is 10.2 Å². The Kier molecular flexibility index (Phi) is 2.60. The van der Waals surface area contributed by atoms with Crippen molar-refractivity contribution in [3.05, 3.63) is 34.2 Å². The van der Waals surface area contributed by atoms with Crippen molar-refractivity contribution < 1.29 is 4.42 Å². The number of thiophene rings is 1. The molecule has 20 heavy (non-hydrogen) atoms. The quantitative estimate of drug-likeness (QED) is 0.767. The van der Waals surface area contributed by atoms with Gasteiger partial charge in [0.1, 0.15) is 5.52 Å².